The molecule has 2 rings (SSSR count). The van der Waals surface area contributed by atoms with Gasteiger partial charge in [0, 0.05) is 16.9 Å². The SMILES string of the molecule is CC(NC(=O)c1cncc(Br)c1)c1ccc(Cl)c(Cl)c1. The summed E-state index contributed by atoms with van der Waals surface area (Å²) in [6, 6.07) is 6.81. The van der Waals surface area contributed by atoms with Gasteiger partial charge in [-0.15, -0.1) is 0 Å². The first-order chi connectivity index (χ1) is 9.47. The molecule has 0 saturated heterocycles. The second-order valence-electron chi connectivity index (χ2n) is 4.26. The highest BCUT2D eigenvalue weighted by molar-refractivity contribution is 9.10. The van der Waals surface area contributed by atoms with Crippen molar-refractivity contribution in [1.29, 1.82) is 0 Å². The lowest BCUT2D eigenvalue weighted by Crippen LogP contribution is -2.26. The molecule has 1 unspecified atom stereocenters. The van der Waals surface area contributed by atoms with Gasteiger partial charge in [-0.3, -0.25) is 9.78 Å². The van der Waals surface area contributed by atoms with Crippen LogP contribution in [-0.4, -0.2) is 10.9 Å². The molecule has 1 aromatic carbocycles. The zero-order valence-corrected chi connectivity index (χ0v) is 13.6. The topological polar surface area (TPSA) is 42.0 Å². The van der Waals surface area contributed by atoms with Crippen molar-refractivity contribution >= 4 is 45.0 Å². The van der Waals surface area contributed by atoms with Crippen LogP contribution in [0.3, 0.4) is 0 Å². The Morgan fingerprint density at radius 3 is 2.65 bits per heavy atom. The normalized spacial score (nSPS) is 12.0. The van der Waals surface area contributed by atoms with Crippen molar-refractivity contribution in [3.05, 3.63) is 62.3 Å². The molecular weight excluding hydrogens is 363 g/mol. The number of nitrogens with one attached hydrogen (secondary N) is 1. The highest BCUT2D eigenvalue weighted by Gasteiger charge is 2.13. The molecule has 0 aliphatic carbocycles. The molecule has 104 valence electrons. The van der Waals surface area contributed by atoms with Gasteiger partial charge in [0.1, 0.15) is 0 Å². The maximum Gasteiger partial charge on any atom is 0.253 e. The molecule has 0 spiro atoms. The zero-order valence-electron chi connectivity index (χ0n) is 10.5. The minimum absolute atomic E-state index is 0.184. The Morgan fingerprint density at radius 1 is 1.25 bits per heavy atom. The third-order valence-electron chi connectivity index (χ3n) is 2.76. The molecule has 3 nitrogen and oxygen atoms in total. The van der Waals surface area contributed by atoms with Crippen molar-refractivity contribution in [3.63, 3.8) is 0 Å². The number of nitrogens with zero attached hydrogens (tertiary/aromatic N) is 1. The van der Waals surface area contributed by atoms with Crippen LogP contribution in [0.15, 0.2) is 41.1 Å². The van der Waals surface area contributed by atoms with E-state index in [2.05, 4.69) is 26.2 Å². The Labute approximate surface area is 135 Å². The van der Waals surface area contributed by atoms with E-state index in [9.17, 15) is 4.79 Å². The number of carbonyl (C=O) groups excluding carboxylic acids is 1. The van der Waals surface area contributed by atoms with Gasteiger partial charge in [0.05, 0.1) is 21.7 Å². The number of hydrogen-bond acceptors (Lipinski definition) is 2. The van der Waals surface area contributed by atoms with Gasteiger partial charge in [0.2, 0.25) is 0 Å². The molecule has 6 heteroatoms. The maximum absolute atomic E-state index is 12.1. The molecule has 1 heterocycles. The average Bonchev–Trinajstić information content (AvgIpc) is 2.41. The van der Waals surface area contributed by atoms with E-state index >= 15 is 0 Å². The molecule has 1 N–H and O–H groups in total. The van der Waals surface area contributed by atoms with Gasteiger partial charge in [0.25, 0.3) is 5.91 Å². The molecule has 0 saturated carbocycles. The lowest BCUT2D eigenvalue weighted by molar-refractivity contribution is 0.0939. The second-order valence-corrected chi connectivity index (χ2v) is 5.99. The van der Waals surface area contributed by atoms with E-state index in [1.54, 1.807) is 24.4 Å². The van der Waals surface area contributed by atoms with Gasteiger partial charge < -0.3 is 5.32 Å². The number of aromatic nitrogens is 1. The molecular formula is C14H11BrCl2N2O. The largest absolute Gasteiger partial charge is 0.345 e. The van der Waals surface area contributed by atoms with Gasteiger partial charge in [-0.05, 0) is 46.6 Å². The van der Waals surface area contributed by atoms with Crippen LogP contribution in [0.25, 0.3) is 0 Å². The van der Waals surface area contributed by atoms with Crippen LogP contribution < -0.4 is 5.32 Å². The summed E-state index contributed by atoms with van der Waals surface area (Å²) in [5, 5.41) is 3.84. The summed E-state index contributed by atoms with van der Waals surface area (Å²) in [4.78, 5) is 16.1. The standard InChI is InChI=1S/C14H11BrCl2N2O/c1-8(9-2-3-12(16)13(17)5-9)19-14(20)10-4-11(15)7-18-6-10/h2-8H,1H3,(H,19,20). The van der Waals surface area contributed by atoms with Crippen LogP contribution in [0.2, 0.25) is 10.0 Å². The maximum atomic E-state index is 12.1. The van der Waals surface area contributed by atoms with Crippen molar-refractivity contribution in [3.8, 4) is 0 Å². The first-order valence-electron chi connectivity index (χ1n) is 5.83. The van der Waals surface area contributed by atoms with Crippen LogP contribution in [0.1, 0.15) is 28.9 Å². The number of hydrogen-bond donors (Lipinski definition) is 1. The van der Waals surface area contributed by atoms with Crippen LogP contribution in [0, 0.1) is 0 Å². The zero-order chi connectivity index (χ0) is 14.7. The Hall–Kier alpha value is -1.10. The monoisotopic (exact) mass is 372 g/mol. The smallest absolute Gasteiger partial charge is 0.253 e. The highest BCUT2D eigenvalue weighted by Crippen LogP contribution is 2.25. The van der Waals surface area contributed by atoms with Crippen LogP contribution in [0.4, 0.5) is 0 Å². The van der Waals surface area contributed by atoms with E-state index in [1.165, 1.54) is 6.20 Å². The fraction of sp³-hybridized carbons (Fsp3) is 0.143. The van der Waals surface area contributed by atoms with Crippen molar-refractivity contribution in [2.75, 3.05) is 0 Å². The summed E-state index contributed by atoms with van der Waals surface area (Å²) in [6.45, 7) is 1.88. The quantitative estimate of drug-likeness (QED) is 0.851. The summed E-state index contributed by atoms with van der Waals surface area (Å²) >= 11 is 15.1. The fourth-order valence-corrected chi connectivity index (χ4v) is 2.35. The molecule has 20 heavy (non-hydrogen) atoms. The van der Waals surface area contributed by atoms with E-state index in [0.717, 1.165) is 10.0 Å². The van der Waals surface area contributed by atoms with Gasteiger partial charge >= 0.3 is 0 Å². The van der Waals surface area contributed by atoms with E-state index in [4.69, 9.17) is 23.2 Å². The average molecular weight is 374 g/mol. The van der Waals surface area contributed by atoms with Gasteiger partial charge in [-0.1, -0.05) is 29.3 Å². The third-order valence-corrected chi connectivity index (χ3v) is 3.93. The summed E-state index contributed by atoms with van der Waals surface area (Å²) in [5.41, 5.74) is 1.38. The van der Waals surface area contributed by atoms with Crippen molar-refractivity contribution < 1.29 is 4.79 Å². The molecule has 1 amide bonds. The lowest BCUT2D eigenvalue weighted by Gasteiger charge is -2.15. The minimum atomic E-state index is -0.197. The number of benzene rings is 1. The summed E-state index contributed by atoms with van der Waals surface area (Å²) in [6.07, 6.45) is 3.14. The van der Waals surface area contributed by atoms with Crippen LogP contribution >= 0.6 is 39.1 Å². The number of pyridine rings is 1. The van der Waals surface area contributed by atoms with Crippen molar-refractivity contribution in [1.82, 2.24) is 10.3 Å². The Morgan fingerprint density at radius 2 is 2.00 bits per heavy atom. The van der Waals surface area contributed by atoms with E-state index in [0.29, 0.717) is 15.6 Å². The first kappa shape index (κ1) is 15.3. The summed E-state index contributed by atoms with van der Waals surface area (Å²) in [7, 11) is 0. The molecule has 0 aliphatic heterocycles. The minimum Gasteiger partial charge on any atom is -0.345 e. The Bertz CT molecular complexity index is 649. The van der Waals surface area contributed by atoms with Gasteiger partial charge in [-0.2, -0.15) is 0 Å². The highest BCUT2D eigenvalue weighted by atomic mass is 79.9. The molecule has 1 atom stereocenters. The van der Waals surface area contributed by atoms with Crippen molar-refractivity contribution in [2.45, 2.75) is 13.0 Å². The lowest BCUT2D eigenvalue weighted by atomic mass is 10.1. The number of carbonyl (C=O) groups is 1. The van der Waals surface area contributed by atoms with Crippen LogP contribution in [-0.2, 0) is 0 Å². The third kappa shape index (κ3) is 3.72. The van der Waals surface area contributed by atoms with E-state index < -0.39 is 0 Å². The number of halogens is 3. The first-order valence-corrected chi connectivity index (χ1v) is 7.38. The van der Waals surface area contributed by atoms with Gasteiger partial charge in [-0.25, -0.2) is 0 Å². The predicted molar refractivity (Wildman–Crippen MR) is 84.3 cm³/mol. The molecule has 0 fully saturated rings. The van der Waals surface area contributed by atoms with Crippen molar-refractivity contribution in [2.24, 2.45) is 0 Å². The molecule has 0 bridgehead atoms. The second kappa shape index (κ2) is 6.57. The number of amides is 1. The molecule has 0 aliphatic rings. The summed E-state index contributed by atoms with van der Waals surface area (Å²) < 4.78 is 0.757. The predicted octanol–water partition coefficient (Wildman–Crippen LogP) is 4.64. The van der Waals surface area contributed by atoms with E-state index in [-0.39, 0.29) is 11.9 Å². The van der Waals surface area contributed by atoms with Crippen LogP contribution in [0.5, 0.6) is 0 Å². The summed E-state index contributed by atoms with van der Waals surface area (Å²) in [5.74, 6) is -0.197. The Balaban J connectivity index is 2.13. The molecule has 1 aromatic heterocycles. The van der Waals surface area contributed by atoms with Gasteiger partial charge in [0.15, 0.2) is 0 Å². The molecule has 0 radical (unpaired) electrons. The Kier molecular flexibility index (Phi) is 5.02. The number of rotatable bonds is 3. The molecule has 2 aromatic rings. The fourth-order valence-electron chi connectivity index (χ4n) is 1.68. The van der Waals surface area contributed by atoms with E-state index in [1.807, 2.05) is 13.0 Å².